The van der Waals surface area contributed by atoms with Gasteiger partial charge in [0.05, 0.1) is 12.0 Å². The lowest BCUT2D eigenvalue weighted by Crippen LogP contribution is -2.51. The number of hydrogen-bond acceptors (Lipinski definition) is 5. The molecule has 2 aromatic carbocycles. The SMILES string of the molecule is CCCOc1ccc(C(=O)CCC(=O)Nc2ccc(C3(CC)CCC(=O)NC3=O)cc2)cc1. The quantitative estimate of drug-likeness (QED) is 0.418. The number of carbonyl (C=O) groups is 4. The van der Waals surface area contributed by atoms with Gasteiger partial charge in [0.15, 0.2) is 5.78 Å². The Morgan fingerprint density at radius 3 is 2.30 bits per heavy atom. The molecule has 0 aliphatic carbocycles. The lowest BCUT2D eigenvalue weighted by atomic mass is 9.72. The number of imide groups is 1. The Morgan fingerprint density at radius 1 is 1.00 bits per heavy atom. The summed E-state index contributed by atoms with van der Waals surface area (Å²) in [5, 5.41) is 5.23. The highest BCUT2D eigenvalue weighted by Crippen LogP contribution is 2.36. The molecule has 3 rings (SSSR count). The molecule has 0 aromatic heterocycles. The molecule has 1 atom stereocenters. The summed E-state index contributed by atoms with van der Waals surface area (Å²) in [5.41, 5.74) is 1.21. The van der Waals surface area contributed by atoms with Gasteiger partial charge in [0, 0.05) is 30.5 Å². The summed E-state index contributed by atoms with van der Waals surface area (Å²) < 4.78 is 5.51. The minimum Gasteiger partial charge on any atom is -0.494 e. The van der Waals surface area contributed by atoms with E-state index in [0.717, 1.165) is 17.7 Å². The van der Waals surface area contributed by atoms with Gasteiger partial charge in [0.1, 0.15) is 5.75 Å². The molecule has 1 aliphatic heterocycles. The van der Waals surface area contributed by atoms with Gasteiger partial charge in [-0.25, -0.2) is 0 Å². The molecule has 1 fully saturated rings. The molecule has 3 amide bonds. The lowest BCUT2D eigenvalue weighted by molar-refractivity contribution is -0.138. The van der Waals surface area contributed by atoms with Crippen molar-refractivity contribution in [3.63, 3.8) is 0 Å². The van der Waals surface area contributed by atoms with Crippen molar-refractivity contribution in [2.45, 2.75) is 57.8 Å². The Balaban J connectivity index is 1.54. The van der Waals surface area contributed by atoms with Crippen molar-refractivity contribution in [3.8, 4) is 5.75 Å². The molecule has 1 unspecified atom stereocenters. The van der Waals surface area contributed by atoms with Crippen LogP contribution in [-0.4, -0.2) is 30.1 Å². The summed E-state index contributed by atoms with van der Waals surface area (Å²) in [6.45, 7) is 4.58. The zero-order chi connectivity index (χ0) is 23.8. The largest absolute Gasteiger partial charge is 0.494 e. The summed E-state index contributed by atoms with van der Waals surface area (Å²) in [6, 6.07) is 14.0. The number of ketones is 1. The van der Waals surface area contributed by atoms with E-state index in [1.807, 2.05) is 26.0 Å². The number of amides is 3. The molecule has 7 heteroatoms. The van der Waals surface area contributed by atoms with Crippen LogP contribution in [0.4, 0.5) is 5.69 Å². The van der Waals surface area contributed by atoms with E-state index in [1.165, 1.54) is 0 Å². The molecule has 174 valence electrons. The molecule has 0 bridgehead atoms. The summed E-state index contributed by atoms with van der Waals surface area (Å²) in [7, 11) is 0. The third-order valence-corrected chi connectivity index (χ3v) is 6.02. The molecule has 1 heterocycles. The highest BCUT2D eigenvalue weighted by atomic mass is 16.5. The first-order valence-corrected chi connectivity index (χ1v) is 11.4. The molecule has 2 aromatic rings. The van der Waals surface area contributed by atoms with Crippen LogP contribution in [-0.2, 0) is 19.8 Å². The number of carbonyl (C=O) groups excluding carboxylic acids is 4. The van der Waals surface area contributed by atoms with Gasteiger partial charge in [-0.05, 0) is 61.2 Å². The normalized spacial score (nSPS) is 17.9. The number of piperidine rings is 1. The van der Waals surface area contributed by atoms with Crippen molar-refractivity contribution in [2.75, 3.05) is 11.9 Å². The number of nitrogens with one attached hydrogen (secondary N) is 2. The summed E-state index contributed by atoms with van der Waals surface area (Å²) in [6.07, 6.45) is 2.43. The van der Waals surface area contributed by atoms with Crippen LogP contribution in [0.1, 0.15) is 68.3 Å². The minimum atomic E-state index is -0.736. The van der Waals surface area contributed by atoms with Crippen LogP contribution >= 0.6 is 0 Å². The molecular weight excluding hydrogens is 420 g/mol. The molecular formula is C26H30N2O5. The van der Waals surface area contributed by atoms with Gasteiger partial charge in [-0.1, -0.05) is 26.0 Å². The molecule has 1 aliphatic rings. The maximum Gasteiger partial charge on any atom is 0.237 e. The van der Waals surface area contributed by atoms with Gasteiger partial charge in [-0.2, -0.15) is 0 Å². The fraction of sp³-hybridized carbons (Fsp3) is 0.385. The predicted molar refractivity (Wildman–Crippen MR) is 125 cm³/mol. The van der Waals surface area contributed by atoms with E-state index in [-0.39, 0.29) is 36.3 Å². The number of anilines is 1. The standard InChI is InChI=1S/C26H30N2O5/c1-3-17-33-21-11-5-18(6-12-21)22(29)13-14-23(30)27-20-9-7-19(8-10-20)26(4-2)16-15-24(31)28-25(26)32/h5-12H,3-4,13-17H2,1-2H3,(H,27,30)(H,28,31,32). The Hall–Kier alpha value is -3.48. The Labute approximate surface area is 193 Å². The summed E-state index contributed by atoms with van der Waals surface area (Å²) in [4.78, 5) is 48.8. The number of Topliss-reactive ketones (excluding diaryl/α,β-unsaturated/α-hetero) is 1. The van der Waals surface area contributed by atoms with Gasteiger partial charge in [-0.3, -0.25) is 24.5 Å². The third-order valence-electron chi connectivity index (χ3n) is 6.02. The van der Waals surface area contributed by atoms with E-state index >= 15 is 0 Å². The van der Waals surface area contributed by atoms with Gasteiger partial charge in [-0.15, -0.1) is 0 Å². The molecule has 0 radical (unpaired) electrons. The van der Waals surface area contributed by atoms with Crippen molar-refractivity contribution < 1.29 is 23.9 Å². The average Bonchev–Trinajstić information content (AvgIpc) is 2.82. The second-order valence-corrected chi connectivity index (χ2v) is 8.23. The second-order valence-electron chi connectivity index (χ2n) is 8.23. The predicted octanol–water partition coefficient (Wildman–Crippen LogP) is 4.16. The lowest BCUT2D eigenvalue weighted by Gasteiger charge is -2.35. The molecule has 2 N–H and O–H groups in total. The Kier molecular flexibility index (Phi) is 7.98. The van der Waals surface area contributed by atoms with E-state index < -0.39 is 5.41 Å². The second kappa shape index (κ2) is 10.9. The van der Waals surface area contributed by atoms with Crippen molar-refractivity contribution in [3.05, 3.63) is 59.7 Å². The monoisotopic (exact) mass is 450 g/mol. The molecule has 33 heavy (non-hydrogen) atoms. The summed E-state index contributed by atoms with van der Waals surface area (Å²) in [5.74, 6) is -0.169. The maximum absolute atomic E-state index is 12.5. The van der Waals surface area contributed by atoms with Gasteiger partial charge < -0.3 is 10.1 Å². The van der Waals surface area contributed by atoms with E-state index in [1.54, 1.807) is 36.4 Å². The van der Waals surface area contributed by atoms with Gasteiger partial charge >= 0.3 is 0 Å². The van der Waals surface area contributed by atoms with E-state index in [0.29, 0.717) is 37.1 Å². The fourth-order valence-electron chi connectivity index (χ4n) is 3.99. The first-order chi connectivity index (χ1) is 15.9. The molecule has 0 spiro atoms. The van der Waals surface area contributed by atoms with Crippen LogP contribution in [0.25, 0.3) is 0 Å². The smallest absolute Gasteiger partial charge is 0.237 e. The van der Waals surface area contributed by atoms with Gasteiger partial charge in [0.2, 0.25) is 17.7 Å². The van der Waals surface area contributed by atoms with Crippen LogP contribution < -0.4 is 15.4 Å². The molecule has 0 saturated carbocycles. The van der Waals surface area contributed by atoms with E-state index in [4.69, 9.17) is 4.74 Å². The number of rotatable bonds is 10. The zero-order valence-electron chi connectivity index (χ0n) is 19.1. The number of ether oxygens (including phenoxy) is 1. The van der Waals surface area contributed by atoms with Crippen molar-refractivity contribution in [2.24, 2.45) is 0 Å². The Bertz CT molecular complexity index is 1010. The van der Waals surface area contributed by atoms with Crippen LogP contribution in [0.15, 0.2) is 48.5 Å². The fourth-order valence-corrected chi connectivity index (χ4v) is 3.99. The third kappa shape index (κ3) is 5.86. The maximum atomic E-state index is 12.5. The van der Waals surface area contributed by atoms with E-state index in [9.17, 15) is 19.2 Å². The van der Waals surface area contributed by atoms with Crippen LogP contribution in [0.5, 0.6) is 5.75 Å². The van der Waals surface area contributed by atoms with Crippen molar-refractivity contribution in [1.82, 2.24) is 5.32 Å². The molecule has 1 saturated heterocycles. The average molecular weight is 451 g/mol. The van der Waals surface area contributed by atoms with Crippen LogP contribution in [0.2, 0.25) is 0 Å². The molecule has 7 nitrogen and oxygen atoms in total. The minimum absolute atomic E-state index is 0.0675. The van der Waals surface area contributed by atoms with Crippen molar-refractivity contribution in [1.29, 1.82) is 0 Å². The Morgan fingerprint density at radius 2 is 1.70 bits per heavy atom. The number of hydrogen-bond donors (Lipinski definition) is 2. The zero-order valence-corrected chi connectivity index (χ0v) is 19.1. The van der Waals surface area contributed by atoms with Crippen LogP contribution in [0, 0.1) is 0 Å². The van der Waals surface area contributed by atoms with Crippen LogP contribution in [0.3, 0.4) is 0 Å². The topological polar surface area (TPSA) is 102 Å². The highest BCUT2D eigenvalue weighted by molar-refractivity contribution is 6.03. The first kappa shape index (κ1) is 24.2. The highest BCUT2D eigenvalue weighted by Gasteiger charge is 2.42. The first-order valence-electron chi connectivity index (χ1n) is 11.4. The number of benzene rings is 2. The van der Waals surface area contributed by atoms with E-state index in [2.05, 4.69) is 10.6 Å². The van der Waals surface area contributed by atoms with Gasteiger partial charge in [0.25, 0.3) is 0 Å². The summed E-state index contributed by atoms with van der Waals surface area (Å²) >= 11 is 0. The van der Waals surface area contributed by atoms with Crippen molar-refractivity contribution >= 4 is 29.2 Å².